The fourth-order valence-electron chi connectivity index (χ4n) is 1.18. The molecule has 0 atom stereocenters. The van der Waals surface area contributed by atoms with Crippen molar-refractivity contribution in [3.05, 3.63) is 27.7 Å². The van der Waals surface area contributed by atoms with Gasteiger partial charge in [-0.1, -0.05) is 11.6 Å². The average molecular weight is 274 g/mol. The predicted molar refractivity (Wildman–Crippen MR) is 63.2 cm³/mol. The summed E-state index contributed by atoms with van der Waals surface area (Å²) in [6.07, 6.45) is 2.32. The zero-order valence-electron chi connectivity index (χ0n) is 7.50. The Balaban J connectivity index is 2.30. The molecule has 74 valence electrons. The third-order valence-electron chi connectivity index (χ3n) is 2.15. The van der Waals surface area contributed by atoms with Crippen molar-refractivity contribution < 1.29 is 0 Å². The Morgan fingerprint density at radius 2 is 2.21 bits per heavy atom. The van der Waals surface area contributed by atoms with E-state index in [4.69, 9.17) is 17.3 Å². The van der Waals surface area contributed by atoms with Crippen LogP contribution >= 0.6 is 27.5 Å². The van der Waals surface area contributed by atoms with Gasteiger partial charge in [-0.25, -0.2) is 4.99 Å². The second-order valence-corrected chi connectivity index (χ2v) is 4.70. The minimum absolute atomic E-state index is 0.487. The molecule has 0 amide bonds. The maximum atomic E-state index is 5.86. The number of nitrogens with two attached hydrogens (primary N) is 1. The highest BCUT2D eigenvalue weighted by molar-refractivity contribution is 9.10. The molecule has 14 heavy (non-hydrogen) atoms. The maximum Gasteiger partial charge on any atom is 0.103 e. The van der Waals surface area contributed by atoms with E-state index in [1.54, 1.807) is 6.07 Å². The van der Waals surface area contributed by atoms with Crippen molar-refractivity contribution in [2.24, 2.45) is 16.6 Å². The molecule has 0 saturated heterocycles. The van der Waals surface area contributed by atoms with Crippen LogP contribution in [0, 0.1) is 5.92 Å². The molecule has 0 aromatic heterocycles. The van der Waals surface area contributed by atoms with Gasteiger partial charge in [0.15, 0.2) is 0 Å². The van der Waals surface area contributed by atoms with Crippen LogP contribution < -0.4 is 5.73 Å². The summed E-state index contributed by atoms with van der Waals surface area (Å²) in [7, 11) is 0. The second kappa shape index (κ2) is 3.91. The van der Waals surface area contributed by atoms with Gasteiger partial charge in [-0.2, -0.15) is 0 Å². The van der Waals surface area contributed by atoms with Crippen molar-refractivity contribution >= 4 is 39.1 Å². The van der Waals surface area contributed by atoms with Gasteiger partial charge in [0, 0.05) is 15.4 Å². The molecule has 1 aromatic carbocycles. The Labute approximate surface area is 96.3 Å². The van der Waals surface area contributed by atoms with E-state index in [0.717, 1.165) is 23.0 Å². The van der Waals surface area contributed by atoms with Crippen LogP contribution in [0.5, 0.6) is 0 Å². The zero-order chi connectivity index (χ0) is 10.1. The van der Waals surface area contributed by atoms with Crippen LogP contribution in [-0.4, -0.2) is 5.84 Å². The van der Waals surface area contributed by atoms with E-state index in [1.807, 2.05) is 12.1 Å². The monoisotopic (exact) mass is 272 g/mol. The van der Waals surface area contributed by atoms with Crippen LogP contribution in [-0.2, 0) is 0 Å². The summed E-state index contributed by atoms with van der Waals surface area (Å²) in [5.74, 6) is 1.20. The standard InChI is InChI=1S/C10H10BrClN2/c11-8-4-3-7(12)5-9(8)14-10(13)6-1-2-6/h3-6H,1-2H2,(H2,13,14). The summed E-state index contributed by atoms with van der Waals surface area (Å²) in [5, 5.41) is 0.676. The molecule has 0 heterocycles. The van der Waals surface area contributed by atoms with E-state index in [1.165, 1.54) is 0 Å². The molecule has 2 N–H and O–H groups in total. The molecule has 0 radical (unpaired) electrons. The van der Waals surface area contributed by atoms with Crippen LogP contribution in [0.1, 0.15) is 12.8 Å². The lowest BCUT2D eigenvalue weighted by Crippen LogP contribution is -2.13. The number of nitrogens with zero attached hydrogens (tertiary/aromatic N) is 1. The second-order valence-electron chi connectivity index (χ2n) is 3.41. The van der Waals surface area contributed by atoms with Gasteiger partial charge in [0.05, 0.1) is 5.69 Å². The van der Waals surface area contributed by atoms with Crippen molar-refractivity contribution in [3.63, 3.8) is 0 Å². The van der Waals surface area contributed by atoms with Crippen LogP contribution in [0.4, 0.5) is 5.69 Å². The highest BCUT2D eigenvalue weighted by Crippen LogP contribution is 2.33. The van der Waals surface area contributed by atoms with E-state index in [9.17, 15) is 0 Å². The Kier molecular flexibility index (Phi) is 2.79. The van der Waals surface area contributed by atoms with E-state index in [0.29, 0.717) is 16.8 Å². The molecule has 1 aromatic rings. The van der Waals surface area contributed by atoms with Crippen molar-refractivity contribution in [2.75, 3.05) is 0 Å². The van der Waals surface area contributed by atoms with Crippen LogP contribution in [0.15, 0.2) is 27.7 Å². The molecule has 2 rings (SSSR count). The SMILES string of the molecule is NC(=Nc1cc(Cl)ccc1Br)C1CC1. The predicted octanol–water partition coefficient (Wildman–Crippen LogP) is 3.50. The Bertz CT molecular complexity index is 386. The minimum atomic E-state index is 0.487. The molecule has 2 nitrogen and oxygen atoms in total. The summed E-state index contributed by atoms with van der Waals surface area (Å²) < 4.78 is 0.922. The average Bonchev–Trinajstić information content (AvgIpc) is 2.94. The van der Waals surface area contributed by atoms with Crippen molar-refractivity contribution in [1.29, 1.82) is 0 Å². The molecule has 4 heteroatoms. The fourth-order valence-corrected chi connectivity index (χ4v) is 1.68. The van der Waals surface area contributed by atoms with Gasteiger partial charge in [-0.3, -0.25) is 0 Å². The van der Waals surface area contributed by atoms with E-state index < -0.39 is 0 Å². The Hall–Kier alpha value is -0.540. The molecule has 0 spiro atoms. The highest BCUT2D eigenvalue weighted by atomic mass is 79.9. The molecule has 0 bridgehead atoms. The summed E-state index contributed by atoms with van der Waals surface area (Å²) in [5.41, 5.74) is 6.62. The lowest BCUT2D eigenvalue weighted by Gasteiger charge is -2.01. The first-order valence-corrected chi connectivity index (χ1v) is 5.63. The quantitative estimate of drug-likeness (QED) is 0.650. The van der Waals surface area contributed by atoms with Crippen LogP contribution in [0.3, 0.4) is 0 Å². The van der Waals surface area contributed by atoms with Gasteiger partial charge in [0.25, 0.3) is 0 Å². The number of rotatable bonds is 2. The zero-order valence-corrected chi connectivity index (χ0v) is 9.85. The van der Waals surface area contributed by atoms with Gasteiger partial charge >= 0.3 is 0 Å². The molecule has 0 aliphatic heterocycles. The lowest BCUT2D eigenvalue weighted by atomic mass is 10.3. The summed E-state index contributed by atoms with van der Waals surface area (Å²) in [6.45, 7) is 0. The van der Waals surface area contributed by atoms with Crippen LogP contribution in [0.25, 0.3) is 0 Å². The van der Waals surface area contributed by atoms with E-state index in [-0.39, 0.29) is 0 Å². The molecule has 1 aliphatic rings. The molecular weight excluding hydrogens is 263 g/mol. The normalized spacial score (nSPS) is 17.1. The molecule has 1 saturated carbocycles. The van der Waals surface area contributed by atoms with Crippen molar-refractivity contribution in [2.45, 2.75) is 12.8 Å². The van der Waals surface area contributed by atoms with Crippen molar-refractivity contribution in [3.8, 4) is 0 Å². The van der Waals surface area contributed by atoms with Gasteiger partial charge < -0.3 is 5.73 Å². The van der Waals surface area contributed by atoms with E-state index in [2.05, 4.69) is 20.9 Å². The summed E-state index contributed by atoms with van der Waals surface area (Å²) in [6, 6.07) is 5.50. The molecular formula is C10H10BrClN2. The van der Waals surface area contributed by atoms with Gasteiger partial charge in [-0.05, 0) is 47.0 Å². The Morgan fingerprint density at radius 1 is 1.50 bits per heavy atom. The fraction of sp³-hybridized carbons (Fsp3) is 0.300. The first-order chi connectivity index (χ1) is 6.66. The summed E-state index contributed by atoms with van der Waals surface area (Å²) >= 11 is 9.27. The van der Waals surface area contributed by atoms with Gasteiger partial charge in [0.1, 0.15) is 5.84 Å². The lowest BCUT2D eigenvalue weighted by molar-refractivity contribution is 1.15. The van der Waals surface area contributed by atoms with E-state index >= 15 is 0 Å². The minimum Gasteiger partial charge on any atom is -0.387 e. The number of hydrogen-bond donors (Lipinski definition) is 1. The number of halogens is 2. The number of hydrogen-bond acceptors (Lipinski definition) is 1. The number of amidine groups is 1. The third-order valence-corrected chi connectivity index (χ3v) is 3.06. The maximum absolute atomic E-state index is 5.86. The first-order valence-electron chi connectivity index (χ1n) is 4.46. The highest BCUT2D eigenvalue weighted by Gasteiger charge is 2.25. The Morgan fingerprint density at radius 3 is 2.86 bits per heavy atom. The topological polar surface area (TPSA) is 38.4 Å². The largest absolute Gasteiger partial charge is 0.387 e. The van der Waals surface area contributed by atoms with Gasteiger partial charge in [-0.15, -0.1) is 0 Å². The van der Waals surface area contributed by atoms with Crippen molar-refractivity contribution in [1.82, 2.24) is 0 Å². The van der Waals surface area contributed by atoms with Crippen LogP contribution in [0.2, 0.25) is 5.02 Å². The smallest absolute Gasteiger partial charge is 0.103 e. The van der Waals surface area contributed by atoms with Gasteiger partial charge in [0.2, 0.25) is 0 Å². The molecule has 0 unspecified atom stereocenters. The number of benzene rings is 1. The first kappa shape index (κ1) is 9.99. The molecule has 1 fully saturated rings. The number of aliphatic imine (C=N–C) groups is 1. The molecule has 1 aliphatic carbocycles. The summed E-state index contributed by atoms with van der Waals surface area (Å²) in [4.78, 5) is 4.34. The third kappa shape index (κ3) is 2.28.